The third-order valence-electron chi connectivity index (χ3n) is 5.46. The van der Waals surface area contributed by atoms with Crippen LogP contribution in [-0.4, -0.2) is 40.4 Å². The van der Waals surface area contributed by atoms with Gasteiger partial charge in [0, 0.05) is 36.0 Å². The Hall–Kier alpha value is -2.66. The lowest BCUT2D eigenvalue weighted by atomic mass is 10.1. The molecule has 5 nitrogen and oxygen atoms in total. The molecule has 1 saturated heterocycles. The van der Waals surface area contributed by atoms with Gasteiger partial charge in [0.15, 0.2) is 0 Å². The Labute approximate surface area is 159 Å². The maximum atomic E-state index is 13.0. The number of aryl methyl sites for hydroxylation is 1. The van der Waals surface area contributed by atoms with Gasteiger partial charge in [0.05, 0.1) is 0 Å². The zero-order valence-electron chi connectivity index (χ0n) is 15.7. The van der Waals surface area contributed by atoms with Gasteiger partial charge in [-0.05, 0) is 62.0 Å². The van der Waals surface area contributed by atoms with E-state index >= 15 is 0 Å². The predicted molar refractivity (Wildman–Crippen MR) is 108 cm³/mol. The SMILES string of the molecule is Cc1cccc2c(CCNC(=O)[C@@H](c3cccnc3)N3CCCC3)c[nH]c12. The molecule has 3 aromatic rings. The first kappa shape index (κ1) is 17.7. The maximum Gasteiger partial charge on any atom is 0.242 e. The zero-order chi connectivity index (χ0) is 18.6. The third-order valence-corrected chi connectivity index (χ3v) is 5.46. The van der Waals surface area contributed by atoms with Crippen LogP contribution in [0.25, 0.3) is 10.9 Å². The molecule has 27 heavy (non-hydrogen) atoms. The molecule has 4 rings (SSSR count). The van der Waals surface area contributed by atoms with Crippen molar-refractivity contribution in [3.05, 3.63) is 65.6 Å². The molecular formula is C22H26N4O. The molecule has 1 aromatic carbocycles. The average Bonchev–Trinajstić information content (AvgIpc) is 3.34. The first-order chi connectivity index (χ1) is 13.2. The zero-order valence-corrected chi connectivity index (χ0v) is 15.7. The van der Waals surface area contributed by atoms with Crippen LogP contribution in [-0.2, 0) is 11.2 Å². The van der Waals surface area contributed by atoms with Crippen molar-refractivity contribution in [3.8, 4) is 0 Å². The molecule has 2 N–H and O–H groups in total. The van der Waals surface area contributed by atoms with Crippen molar-refractivity contribution in [3.63, 3.8) is 0 Å². The van der Waals surface area contributed by atoms with Crippen LogP contribution in [0.3, 0.4) is 0 Å². The monoisotopic (exact) mass is 362 g/mol. The van der Waals surface area contributed by atoms with Gasteiger partial charge >= 0.3 is 0 Å². The van der Waals surface area contributed by atoms with Gasteiger partial charge < -0.3 is 10.3 Å². The molecule has 5 heteroatoms. The normalized spacial score (nSPS) is 15.9. The summed E-state index contributed by atoms with van der Waals surface area (Å²) in [6.07, 6.45) is 8.74. The van der Waals surface area contributed by atoms with Gasteiger partial charge in [-0.3, -0.25) is 14.7 Å². The average molecular weight is 362 g/mol. The quantitative estimate of drug-likeness (QED) is 0.707. The smallest absolute Gasteiger partial charge is 0.242 e. The molecule has 1 fully saturated rings. The fourth-order valence-electron chi connectivity index (χ4n) is 4.05. The second kappa shape index (κ2) is 7.92. The van der Waals surface area contributed by atoms with Crippen LogP contribution < -0.4 is 5.32 Å². The number of likely N-dealkylation sites (tertiary alicyclic amines) is 1. The van der Waals surface area contributed by atoms with E-state index in [0.717, 1.165) is 37.9 Å². The van der Waals surface area contributed by atoms with Crippen molar-refractivity contribution >= 4 is 16.8 Å². The molecule has 1 atom stereocenters. The number of carbonyl (C=O) groups is 1. The van der Waals surface area contributed by atoms with Gasteiger partial charge in [0.1, 0.15) is 6.04 Å². The lowest BCUT2D eigenvalue weighted by molar-refractivity contribution is -0.126. The van der Waals surface area contributed by atoms with Crippen LogP contribution >= 0.6 is 0 Å². The lowest BCUT2D eigenvalue weighted by Crippen LogP contribution is -2.40. The molecule has 0 spiro atoms. The maximum absolute atomic E-state index is 13.0. The van der Waals surface area contributed by atoms with Gasteiger partial charge in [0.2, 0.25) is 5.91 Å². The van der Waals surface area contributed by atoms with Gasteiger partial charge in [-0.15, -0.1) is 0 Å². The molecule has 140 valence electrons. The number of pyridine rings is 1. The molecule has 0 bridgehead atoms. The highest BCUT2D eigenvalue weighted by atomic mass is 16.2. The first-order valence-electron chi connectivity index (χ1n) is 9.71. The van der Waals surface area contributed by atoms with E-state index in [1.54, 1.807) is 6.20 Å². The number of nitrogens with one attached hydrogen (secondary N) is 2. The van der Waals surface area contributed by atoms with Crippen LogP contribution in [0, 0.1) is 6.92 Å². The topological polar surface area (TPSA) is 61.0 Å². The minimum atomic E-state index is -0.244. The summed E-state index contributed by atoms with van der Waals surface area (Å²) in [6, 6.07) is 9.99. The number of aromatic nitrogens is 2. The second-order valence-corrected chi connectivity index (χ2v) is 7.28. The van der Waals surface area contributed by atoms with Crippen molar-refractivity contribution in [1.29, 1.82) is 0 Å². The van der Waals surface area contributed by atoms with Gasteiger partial charge in [-0.2, -0.15) is 0 Å². The number of nitrogens with zero attached hydrogens (tertiary/aromatic N) is 2. The summed E-state index contributed by atoms with van der Waals surface area (Å²) in [6.45, 7) is 4.67. The molecule has 1 amide bonds. The minimum Gasteiger partial charge on any atom is -0.361 e. The highest BCUT2D eigenvalue weighted by Crippen LogP contribution is 2.25. The number of rotatable bonds is 6. The molecule has 1 aliphatic rings. The molecule has 0 aliphatic carbocycles. The summed E-state index contributed by atoms with van der Waals surface area (Å²) in [5.74, 6) is 0.0703. The summed E-state index contributed by atoms with van der Waals surface area (Å²) in [5.41, 5.74) is 4.64. The number of carbonyl (C=O) groups excluding carboxylic acids is 1. The highest BCUT2D eigenvalue weighted by Gasteiger charge is 2.29. The number of fused-ring (bicyclic) bond motifs is 1. The van der Waals surface area contributed by atoms with E-state index in [9.17, 15) is 4.79 Å². The number of hydrogen-bond acceptors (Lipinski definition) is 3. The Bertz CT molecular complexity index is 912. The minimum absolute atomic E-state index is 0.0703. The van der Waals surface area contributed by atoms with Crippen molar-refractivity contribution in [2.75, 3.05) is 19.6 Å². The molecule has 0 radical (unpaired) electrons. The fourth-order valence-corrected chi connectivity index (χ4v) is 4.05. The van der Waals surface area contributed by atoms with Crippen LogP contribution in [0.2, 0.25) is 0 Å². The second-order valence-electron chi connectivity index (χ2n) is 7.28. The number of hydrogen-bond donors (Lipinski definition) is 2. The van der Waals surface area contributed by atoms with Gasteiger partial charge in [0.25, 0.3) is 0 Å². The van der Waals surface area contributed by atoms with E-state index in [0.29, 0.717) is 6.54 Å². The van der Waals surface area contributed by atoms with E-state index in [1.807, 2.05) is 18.3 Å². The van der Waals surface area contributed by atoms with E-state index in [4.69, 9.17) is 0 Å². The van der Waals surface area contributed by atoms with E-state index in [2.05, 4.69) is 51.5 Å². The Morgan fingerprint density at radius 1 is 1.26 bits per heavy atom. The van der Waals surface area contributed by atoms with Crippen LogP contribution in [0.1, 0.15) is 35.6 Å². The first-order valence-corrected chi connectivity index (χ1v) is 9.71. The number of benzene rings is 1. The standard InChI is InChI=1S/C22H26N4O/c1-16-6-4-8-19-17(15-25-20(16)19)9-11-24-22(27)21(26-12-2-3-13-26)18-7-5-10-23-14-18/h4-8,10,14-15,21,25H,2-3,9,11-13H2,1H3,(H,24,27)/t21-/m1/s1. The van der Waals surface area contributed by atoms with Gasteiger partial charge in [-0.25, -0.2) is 0 Å². The number of para-hydroxylation sites is 1. The summed E-state index contributed by atoms with van der Waals surface area (Å²) in [7, 11) is 0. The molecule has 0 unspecified atom stereocenters. The summed E-state index contributed by atoms with van der Waals surface area (Å²) < 4.78 is 0. The van der Waals surface area contributed by atoms with Crippen molar-refractivity contribution < 1.29 is 4.79 Å². The largest absolute Gasteiger partial charge is 0.361 e. The molecule has 2 aromatic heterocycles. The highest BCUT2D eigenvalue weighted by molar-refractivity contribution is 5.86. The Morgan fingerprint density at radius 2 is 2.11 bits per heavy atom. The Kier molecular flexibility index (Phi) is 5.21. The Balaban J connectivity index is 1.44. The number of H-pyrrole nitrogens is 1. The van der Waals surface area contributed by atoms with Crippen molar-refractivity contribution in [2.24, 2.45) is 0 Å². The van der Waals surface area contributed by atoms with E-state index < -0.39 is 0 Å². The summed E-state index contributed by atoms with van der Waals surface area (Å²) in [4.78, 5) is 22.8. The molecule has 3 heterocycles. The number of aromatic amines is 1. The van der Waals surface area contributed by atoms with Crippen LogP contribution in [0.5, 0.6) is 0 Å². The van der Waals surface area contributed by atoms with Crippen molar-refractivity contribution in [2.45, 2.75) is 32.2 Å². The lowest BCUT2D eigenvalue weighted by Gasteiger charge is -2.26. The van der Waals surface area contributed by atoms with Gasteiger partial charge in [-0.1, -0.05) is 24.3 Å². The fraction of sp³-hybridized carbons (Fsp3) is 0.364. The van der Waals surface area contributed by atoms with Crippen LogP contribution in [0.15, 0.2) is 48.9 Å². The summed E-state index contributed by atoms with van der Waals surface area (Å²) >= 11 is 0. The molecule has 1 aliphatic heterocycles. The molecule has 0 saturated carbocycles. The summed E-state index contributed by atoms with van der Waals surface area (Å²) in [5, 5.41) is 4.40. The van der Waals surface area contributed by atoms with Crippen molar-refractivity contribution in [1.82, 2.24) is 20.2 Å². The Morgan fingerprint density at radius 3 is 2.89 bits per heavy atom. The van der Waals surface area contributed by atoms with E-state index in [1.165, 1.54) is 22.0 Å². The van der Waals surface area contributed by atoms with Crippen LogP contribution in [0.4, 0.5) is 0 Å². The molecular weight excluding hydrogens is 336 g/mol. The predicted octanol–water partition coefficient (Wildman–Crippen LogP) is 3.37. The van der Waals surface area contributed by atoms with E-state index in [-0.39, 0.29) is 11.9 Å². The number of amides is 1. The third kappa shape index (κ3) is 3.74.